The van der Waals surface area contributed by atoms with Gasteiger partial charge < -0.3 is 4.90 Å². The Labute approximate surface area is 124 Å². The van der Waals surface area contributed by atoms with E-state index >= 15 is 0 Å². The summed E-state index contributed by atoms with van der Waals surface area (Å²) in [6.45, 7) is 4.47. The van der Waals surface area contributed by atoms with Gasteiger partial charge in [0.25, 0.3) is 0 Å². The number of piperazine rings is 1. The van der Waals surface area contributed by atoms with Gasteiger partial charge in [-0.1, -0.05) is 12.1 Å². The Bertz CT molecular complexity index is 623. The van der Waals surface area contributed by atoms with Crippen molar-refractivity contribution < 1.29 is 4.79 Å². The van der Waals surface area contributed by atoms with Gasteiger partial charge in [0, 0.05) is 39.1 Å². The lowest BCUT2D eigenvalue weighted by atomic mass is 10.1. The molecule has 1 aromatic carbocycles. The van der Waals surface area contributed by atoms with Crippen molar-refractivity contribution in [2.24, 2.45) is 0 Å². The maximum atomic E-state index is 12.0. The lowest BCUT2D eigenvalue weighted by Crippen LogP contribution is -2.53. The fourth-order valence-corrected chi connectivity index (χ4v) is 2.73. The van der Waals surface area contributed by atoms with Gasteiger partial charge in [0.2, 0.25) is 5.91 Å². The predicted molar refractivity (Wildman–Crippen MR) is 81.1 cm³/mol. The molecule has 0 radical (unpaired) electrons. The van der Waals surface area contributed by atoms with E-state index in [0.717, 1.165) is 25.3 Å². The highest BCUT2D eigenvalue weighted by atomic mass is 16.2. The molecule has 0 bridgehead atoms. The van der Waals surface area contributed by atoms with Gasteiger partial charge in [0.1, 0.15) is 0 Å². The molecular formula is C16H20N4O. The highest BCUT2D eigenvalue weighted by molar-refractivity contribution is 5.81. The molecule has 1 aliphatic heterocycles. The minimum Gasteiger partial charge on any atom is -0.343 e. The molecule has 1 aliphatic rings. The summed E-state index contributed by atoms with van der Waals surface area (Å²) in [6, 6.07) is 10.2. The largest absolute Gasteiger partial charge is 0.343 e. The third-order valence-electron chi connectivity index (χ3n) is 4.07. The molecule has 3 rings (SSSR count). The number of amides is 1. The first-order valence-corrected chi connectivity index (χ1v) is 7.23. The lowest BCUT2D eigenvalue weighted by molar-refractivity contribution is -0.139. The van der Waals surface area contributed by atoms with Crippen LogP contribution in [0.25, 0.3) is 5.69 Å². The van der Waals surface area contributed by atoms with Crippen molar-refractivity contribution in [3.05, 3.63) is 48.3 Å². The van der Waals surface area contributed by atoms with E-state index in [1.807, 2.05) is 43.0 Å². The number of hydrogen-bond acceptors (Lipinski definition) is 3. The van der Waals surface area contributed by atoms with Crippen molar-refractivity contribution in [1.82, 2.24) is 19.6 Å². The monoisotopic (exact) mass is 284 g/mol. The molecule has 5 nitrogen and oxygen atoms in total. The van der Waals surface area contributed by atoms with E-state index in [4.69, 9.17) is 0 Å². The highest BCUT2D eigenvalue weighted by Gasteiger charge is 2.29. The second-order valence-electron chi connectivity index (χ2n) is 5.53. The molecule has 1 amide bonds. The van der Waals surface area contributed by atoms with Gasteiger partial charge in [-0.3, -0.25) is 9.69 Å². The van der Waals surface area contributed by atoms with E-state index in [1.165, 1.54) is 5.56 Å². The van der Waals surface area contributed by atoms with Gasteiger partial charge in [0.05, 0.1) is 11.7 Å². The minimum absolute atomic E-state index is 0.0582. The Hall–Kier alpha value is -2.14. The van der Waals surface area contributed by atoms with Crippen LogP contribution in [-0.4, -0.2) is 51.7 Å². The second-order valence-corrected chi connectivity index (χ2v) is 5.53. The first-order valence-electron chi connectivity index (χ1n) is 7.23. The zero-order valence-corrected chi connectivity index (χ0v) is 12.4. The molecule has 0 aliphatic carbocycles. The Balaban J connectivity index is 1.76. The Morgan fingerprint density at radius 2 is 2.14 bits per heavy atom. The van der Waals surface area contributed by atoms with Crippen LogP contribution < -0.4 is 0 Å². The highest BCUT2D eigenvalue weighted by Crippen LogP contribution is 2.16. The average molecular weight is 284 g/mol. The summed E-state index contributed by atoms with van der Waals surface area (Å²) >= 11 is 0. The van der Waals surface area contributed by atoms with E-state index in [-0.39, 0.29) is 11.9 Å². The average Bonchev–Trinajstić information content (AvgIpc) is 3.03. The van der Waals surface area contributed by atoms with Crippen molar-refractivity contribution >= 4 is 5.91 Å². The molecule has 110 valence electrons. The normalized spacial score (nSPS) is 20.0. The number of nitrogens with zero attached hydrogens (tertiary/aromatic N) is 4. The van der Waals surface area contributed by atoms with Crippen molar-refractivity contribution in [2.45, 2.75) is 19.5 Å². The number of likely N-dealkylation sites (N-methyl/N-ethyl adjacent to an activating group) is 1. The topological polar surface area (TPSA) is 41.4 Å². The molecule has 0 unspecified atom stereocenters. The molecule has 1 saturated heterocycles. The van der Waals surface area contributed by atoms with Crippen LogP contribution in [0.1, 0.15) is 12.5 Å². The first kappa shape index (κ1) is 13.8. The maximum absolute atomic E-state index is 12.0. The molecular weight excluding hydrogens is 264 g/mol. The van der Waals surface area contributed by atoms with Crippen LogP contribution in [-0.2, 0) is 11.3 Å². The number of carbonyl (C=O) groups excluding carboxylic acids is 1. The van der Waals surface area contributed by atoms with Crippen LogP contribution in [0.5, 0.6) is 0 Å². The van der Waals surface area contributed by atoms with E-state index in [0.29, 0.717) is 0 Å². The van der Waals surface area contributed by atoms with Crippen molar-refractivity contribution in [2.75, 3.05) is 20.1 Å². The van der Waals surface area contributed by atoms with Crippen LogP contribution in [0, 0.1) is 0 Å². The fraction of sp³-hybridized carbons (Fsp3) is 0.375. The molecule has 1 atom stereocenters. The number of rotatable bonds is 3. The summed E-state index contributed by atoms with van der Waals surface area (Å²) < 4.78 is 1.85. The van der Waals surface area contributed by atoms with E-state index in [9.17, 15) is 4.79 Å². The van der Waals surface area contributed by atoms with Crippen LogP contribution >= 0.6 is 0 Å². The Morgan fingerprint density at radius 3 is 2.90 bits per heavy atom. The smallest absolute Gasteiger partial charge is 0.239 e. The van der Waals surface area contributed by atoms with Crippen LogP contribution in [0.2, 0.25) is 0 Å². The molecule has 0 N–H and O–H groups in total. The van der Waals surface area contributed by atoms with E-state index < -0.39 is 0 Å². The van der Waals surface area contributed by atoms with Crippen LogP contribution in [0.4, 0.5) is 0 Å². The molecule has 1 fully saturated rings. The zero-order chi connectivity index (χ0) is 14.8. The fourth-order valence-electron chi connectivity index (χ4n) is 2.73. The summed E-state index contributed by atoms with van der Waals surface area (Å²) in [5.74, 6) is 0.199. The number of aromatic nitrogens is 2. The van der Waals surface area contributed by atoms with Gasteiger partial charge >= 0.3 is 0 Å². The summed E-state index contributed by atoms with van der Waals surface area (Å²) in [6.07, 6.45) is 3.70. The van der Waals surface area contributed by atoms with Gasteiger partial charge in [-0.15, -0.1) is 0 Å². The first-order chi connectivity index (χ1) is 10.1. The molecule has 21 heavy (non-hydrogen) atoms. The van der Waals surface area contributed by atoms with Gasteiger partial charge in [0.15, 0.2) is 0 Å². The van der Waals surface area contributed by atoms with E-state index in [1.54, 1.807) is 11.1 Å². The standard InChI is InChI=1S/C16H20N4O/c1-13-16(21)18(2)9-10-19(13)12-14-5-3-6-15(11-14)20-8-4-7-17-20/h3-8,11,13H,9-10,12H2,1-2H3/t13-/m0/s1. The molecule has 0 saturated carbocycles. The van der Waals surface area contributed by atoms with Crippen molar-refractivity contribution in [1.29, 1.82) is 0 Å². The van der Waals surface area contributed by atoms with Gasteiger partial charge in [-0.25, -0.2) is 4.68 Å². The summed E-state index contributed by atoms with van der Waals surface area (Å²) in [5, 5.41) is 4.25. The van der Waals surface area contributed by atoms with Crippen LogP contribution in [0.3, 0.4) is 0 Å². The number of benzene rings is 1. The molecule has 2 heterocycles. The van der Waals surface area contributed by atoms with Gasteiger partial charge in [-0.2, -0.15) is 5.10 Å². The number of carbonyl (C=O) groups is 1. The van der Waals surface area contributed by atoms with Gasteiger partial charge in [-0.05, 0) is 30.7 Å². The summed E-state index contributed by atoms with van der Waals surface area (Å²) in [5.41, 5.74) is 2.25. The Morgan fingerprint density at radius 1 is 1.29 bits per heavy atom. The lowest BCUT2D eigenvalue weighted by Gasteiger charge is -2.37. The third-order valence-corrected chi connectivity index (χ3v) is 4.07. The second kappa shape index (κ2) is 5.69. The molecule has 0 spiro atoms. The summed E-state index contributed by atoms with van der Waals surface area (Å²) in [4.78, 5) is 16.1. The van der Waals surface area contributed by atoms with E-state index in [2.05, 4.69) is 22.1 Å². The zero-order valence-electron chi connectivity index (χ0n) is 12.4. The van der Waals surface area contributed by atoms with Crippen molar-refractivity contribution in [3.63, 3.8) is 0 Å². The van der Waals surface area contributed by atoms with Crippen LogP contribution in [0.15, 0.2) is 42.7 Å². The number of hydrogen-bond donors (Lipinski definition) is 0. The molecule has 2 aromatic rings. The maximum Gasteiger partial charge on any atom is 0.239 e. The molecule has 5 heteroatoms. The van der Waals surface area contributed by atoms with Crippen molar-refractivity contribution in [3.8, 4) is 5.69 Å². The molecule has 1 aromatic heterocycles. The Kier molecular flexibility index (Phi) is 3.75. The minimum atomic E-state index is -0.0582. The third kappa shape index (κ3) is 2.83. The predicted octanol–water partition coefficient (Wildman–Crippen LogP) is 1.53. The summed E-state index contributed by atoms with van der Waals surface area (Å²) in [7, 11) is 1.87. The quantitative estimate of drug-likeness (QED) is 0.858. The SMILES string of the molecule is C[C@H]1C(=O)N(C)CCN1Cc1cccc(-n2cccn2)c1.